The van der Waals surface area contributed by atoms with Gasteiger partial charge in [-0.1, -0.05) is 133 Å². The summed E-state index contributed by atoms with van der Waals surface area (Å²) in [6.07, 6.45) is 0. The molecule has 7 heteroatoms. The van der Waals surface area contributed by atoms with Crippen molar-refractivity contribution in [1.82, 2.24) is 24.1 Å². The van der Waals surface area contributed by atoms with Gasteiger partial charge in [0.25, 0.3) is 0 Å². The molecule has 6 nitrogen and oxygen atoms in total. The summed E-state index contributed by atoms with van der Waals surface area (Å²) in [6.45, 7) is 0. The first kappa shape index (κ1) is 33.2. The van der Waals surface area contributed by atoms with E-state index in [1.54, 1.807) is 0 Å². The number of aromatic nitrogens is 5. The van der Waals surface area contributed by atoms with E-state index in [0.717, 1.165) is 66.3 Å². The van der Waals surface area contributed by atoms with Crippen LogP contribution < -0.4 is 0 Å². The lowest BCUT2D eigenvalue weighted by Gasteiger charge is -2.14. The van der Waals surface area contributed by atoms with E-state index in [-0.39, 0.29) is 0 Å². The normalized spacial score (nSPS) is 11.7. The van der Waals surface area contributed by atoms with E-state index in [2.05, 4.69) is 124 Å². The summed E-state index contributed by atoms with van der Waals surface area (Å²) >= 11 is 1.84. The number of hydrogen-bond donors (Lipinski definition) is 0. The molecule has 0 bridgehead atoms. The van der Waals surface area contributed by atoms with Gasteiger partial charge in [0.05, 0.1) is 33.3 Å². The first-order chi connectivity index (χ1) is 29.2. The van der Waals surface area contributed by atoms with Crippen molar-refractivity contribution >= 4 is 75.1 Å². The Morgan fingerprint density at radius 2 is 0.932 bits per heavy atom. The molecule has 0 aliphatic heterocycles. The summed E-state index contributed by atoms with van der Waals surface area (Å²) in [5.74, 6) is 1.65. The molecule has 0 unspecified atom stereocenters. The monoisotopic (exact) mass is 770 g/mol. The molecule has 274 valence electrons. The third kappa shape index (κ3) is 5.01. The van der Waals surface area contributed by atoms with E-state index < -0.39 is 0 Å². The minimum atomic E-state index is 0.503. The molecule has 0 atom stereocenters. The highest BCUT2D eigenvalue weighted by molar-refractivity contribution is 7.27. The molecule has 0 saturated carbocycles. The number of rotatable bonds is 5. The minimum Gasteiger partial charge on any atom is -0.308 e. The molecule has 12 rings (SSSR count). The summed E-state index contributed by atoms with van der Waals surface area (Å²) in [5, 5.41) is 18.2. The Bertz CT molecular complexity index is 3610. The van der Waals surface area contributed by atoms with Gasteiger partial charge in [-0.05, 0) is 48.5 Å². The van der Waals surface area contributed by atoms with Crippen molar-refractivity contribution in [1.29, 1.82) is 5.26 Å². The van der Waals surface area contributed by atoms with Crippen molar-refractivity contribution in [3.8, 4) is 51.6 Å². The average Bonchev–Trinajstić information content (AvgIpc) is 3.97. The maximum absolute atomic E-state index is 11.1. The Morgan fingerprint density at radius 3 is 1.58 bits per heavy atom. The van der Waals surface area contributed by atoms with Crippen molar-refractivity contribution in [3.05, 3.63) is 188 Å². The summed E-state index contributed by atoms with van der Waals surface area (Å²) in [7, 11) is 0. The van der Waals surface area contributed by atoms with Crippen molar-refractivity contribution in [2.24, 2.45) is 0 Å². The predicted octanol–water partition coefficient (Wildman–Crippen LogP) is 13.3. The zero-order valence-electron chi connectivity index (χ0n) is 31.4. The van der Waals surface area contributed by atoms with E-state index in [0.29, 0.717) is 23.0 Å². The highest BCUT2D eigenvalue weighted by Crippen LogP contribution is 2.51. The second-order valence-electron chi connectivity index (χ2n) is 14.7. The highest BCUT2D eigenvalue weighted by Gasteiger charge is 2.27. The third-order valence-electron chi connectivity index (χ3n) is 11.4. The average molecular weight is 771 g/mol. The topological polar surface area (TPSA) is 72.3 Å². The standard InChI is InChI=1S/C52H30N6S/c53-31-35-30-34(52-55-50(32-16-4-1-5-17-32)54-51(56-52)33-18-6-2-7-19-33)28-29-40(35)58-42-26-14-11-23-38(42)45-48(58)44-37-22-10-13-25-41(37)57(36-20-8-3-9-21-36)47(44)46-39-24-12-15-27-43(39)59-49(45)46/h1-30H. The zero-order chi connectivity index (χ0) is 39.0. The molecule has 59 heavy (non-hydrogen) atoms. The third-order valence-corrected chi connectivity index (χ3v) is 12.6. The van der Waals surface area contributed by atoms with Crippen LogP contribution in [-0.4, -0.2) is 24.1 Å². The number of fused-ring (bicyclic) bond motifs is 12. The van der Waals surface area contributed by atoms with E-state index in [1.165, 1.54) is 25.6 Å². The molecule has 12 aromatic rings. The van der Waals surface area contributed by atoms with Crippen LogP contribution in [0, 0.1) is 11.3 Å². The van der Waals surface area contributed by atoms with Crippen LogP contribution in [0.25, 0.3) is 109 Å². The summed E-state index contributed by atoms with van der Waals surface area (Å²) < 4.78 is 7.21. The van der Waals surface area contributed by atoms with Gasteiger partial charge in [-0.3, -0.25) is 0 Å². The molecule has 8 aromatic carbocycles. The molecule has 0 amide bonds. The van der Waals surface area contributed by atoms with Crippen LogP contribution in [0.4, 0.5) is 0 Å². The number of hydrogen-bond acceptors (Lipinski definition) is 5. The fourth-order valence-electron chi connectivity index (χ4n) is 8.87. The maximum atomic E-state index is 11.1. The second kappa shape index (κ2) is 13.1. The maximum Gasteiger partial charge on any atom is 0.164 e. The van der Waals surface area contributed by atoms with Crippen LogP contribution in [0.5, 0.6) is 0 Å². The van der Waals surface area contributed by atoms with Crippen LogP contribution in [0.3, 0.4) is 0 Å². The van der Waals surface area contributed by atoms with Crippen LogP contribution >= 0.6 is 11.3 Å². The molecule has 4 heterocycles. The fraction of sp³-hybridized carbons (Fsp3) is 0. The van der Waals surface area contributed by atoms with Gasteiger partial charge < -0.3 is 9.13 Å². The van der Waals surface area contributed by atoms with E-state index >= 15 is 0 Å². The van der Waals surface area contributed by atoms with Crippen LogP contribution in [0.1, 0.15) is 5.56 Å². The quantitative estimate of drug-likeness (QED) is 0.175. The lowest BCUT2D eigenvalue weighted by Crippen LogP contribution is -2.02. The zero-order valence-corrected chi connectivity index (χ0v) is 32.2. The lowest BCUT2D eigenvalue weighted by molar-refractivity contribution is 1.07. The summed E-state index contributed by atoms with van der Waals surface area (Å²) in [4.78, 5) is 14.9. The van der Waals surface area contributed by atoms with E-state index in [1.807, 2.05) is 84.1 Å². The molecule has 0 radical (unpaired) electrons. The molecule has 0 aliphatic rings. The number of nitriles is 1. The molecule has 4 aromatic heterocycles. The Hall–Kier alpha value is -7.92. The Kier molecular flexibility index (Phi) is 7.36. The first-order valence-electron chi connectivity index (χ1n) is 19.5. The largest absolute Gasteiger partial charge is 0.308 e. The van der Waals surface area contributed by atoms with Crippen LogP contribution in [0.2, 0.25) is 0 Å². The summed E-state index contributed by atoms with van der Waals surface area (Å²) in [6, 6.07) is 65.2. The van der Waals surface area contributed by atoms with Crippen molar-refractivity contribution in [2.45, 2.75) is 0 Å². The first-order valence-corrected chi connectivity index (χ1v) is 20.3. The number of benzene rings is 8. The Labute approximate surface area is 342 Å². The van der Waals surface area contributed by atoms with Gasteiger partial charge in [0.1, 0.15) is 6.07 Å². The Morgan fingerprint density at radius 1 is 0.441 bits per heavy atom. The van der Waals surface area contributed by atoms with Gasteiger partial charge in [0.2, 0.25) is 0 Å². The predicted molar refractivity (Wildman–Crippen MR) is 242 cm³/mol. The number of nitrogens with zero attached hydrogens (tertiary/aromatic N) is 6. The van der Waals surface area contributed by atoms with E-state index in [9.17, 15) is 5.26 Å². The SMILES string of the molecule is N#Cc1cc(-c2nc(-c3ccccc3)nc(-c3ccccc3)n2)ccc1-n1c2ccccc2c2c3sc4ccccc4c3c3c(c4ccccc4n3-c3ccccc3)c21. The minimum absolute atomic E-state index is 0.503. The van der Waals surface area contributed by atoms with E-state index in [4.69, 9.17) is 15.0 Å². The van der Waals surface area contributed by atoms with Crippen molar-refractivity contribution in [2.75, 3.05) is 0 Å². The Balaban J connectivity index is 1.20. The van der Waals surface area contributed by atoms with Crippen molar-refractivity contribution in [3.63, 3.8) is 0 Å². The lowest BCUT2D eigenvalue weighted by atomic mass is 10.0. The molecular weight excluding hydrogens is 741 g/mol. The van der Waals surface area contributed by atoms with Crippen LogP contribution in [-0.2, 0) is 0 Å². The smallest absolute Gasteiger partial charge is 0.164 e. The molecule has 0 saturated heterocycles. The van der Waals surface area contributed by atoms with Crippen molar-refractivity contribution < 1.29 is 0 Å². The highest BCUT2D eigenvalue weighted by atomic mass is 32.1. The van der Waals surface area contributed by atoms with Gasteiger partial charge in [-0.2, -0.15) is 5.26 Å². The number of thiophene rings is 1. The van der Waals surface area contributed by atoms with Gasteiger partial charge >= 0.3 is 0 Å². The fourth-order valence-corrected chi connectivity index (χ4v) is 10.1. The van der Waals surface area contributed by atoms with Crippen LogP contribution in [0.15, 0.2) is 182 Å². The van der Waals surface area contributed by atoms with Gasteiger partial charge in [-0.15, -0.1) is 11.3 Å². The molecular formula is C52H30N6S. The second-order valence-corrected chi connectivity index (χ2v) is 15.7. The molecule has 0 N–H and O–H groups in total. The molecule has 0 spiro atoms. The van der Waals surface area contributed by atoms with Gasteiger partial charge in [0, 0.05) is 64.1 Å². The number of para-hydroxylation sites is 3. The molecule has 0 aliphatic carbocycles. The van der Waals surface area contributed by atoms with Gasteiger partial charge in [0.15, 0.2) is 17.5 Å². The van der Waals surface area contributed by atoms with Gasteiger partial charge in [-0.25, -0.2) is 15.0 Å². The molecule has 0 fully saturated rings. The summed E-state index contributed by atoms with van der Waals surface area (Å²) in [5.41, 5.74) is 9.32.